The molecule has 148 valence electrons. The Balaban J connectivity index is 2.19. The van der Waals surface area contributed by atoms with Crippen molar-refractivity contribution in [2.24, 2.45) is 0 Å². The second-order valence-electron chi connectivity index (χ2n) is 5.08. The number of carboxylic acid groups (broad SMARTS) is 1. The molecule has 2 aromatic rings. The van der Waals surface area contributed by atoms with Crippen LogP contribution >= 0.6 is 34.5 Å². The summed E-state index contributed by atoms with van der Waals surface area (Å²) in [7, 11) is -4.33. The lowest BCUT2D eigenvalue weighted by Crippen LogP contribution is -2.42. The molecule has 0 aliphatic carbocycles. The highest BCUT2D eigenvalue weighted by Gasteiger charge is 2.31. The monoisotopic (exact) mass is 463 g/mol. The van der Waals surface area contributed by atoms with Crippen molar-refractivity contribution in [1.29, 1.82) is 0 Å². The van der Waals surface area contributed by atoms with Crippen LogP contribution in [0.4, 0.5) is 13.2 Å². The van der Waals surface area contributed by atoms with E-state index < -0.39 is 39.0 Å². The highest BCUT2D eigenvalue weighted by atomic mass is 35.5. The van der Waals surface area contributed by atoms with Gasteiger partial charge in [-0.3, -0.25) is 4.79 Å². The van der Waals surface area contributed by atoms with Crippen LogP contribution in [0.25, 0.3) is 0 Å². The molecule has 0 unspecified atom stereocenters. The van der Waals surface area contributed by atoms with Crippen LogP contribution in [0.5, 0.6) is 5.75 Å². The molecule has 0 amide bonds. The van der Waals surface area contributed by atoms with Crippen LogP contribution in [-0.2, 0) is 21.2 Å². The van der Waals surface area contributed by atoms with Crippen molar-refractivity contribution in [3.8, 4) is 5.75 Å². The van der Waals surface area contributed by atoms with Gasteiger partial charge in [-0.25, -0.2) is 8.42 Å². The number of benzene rings is 1. The van der Waals surface area contributed by atoms with Crippen molar-refractivity contribution in [3.05, 3.63) is 44.6 Å². The van der Waals surface area contributed by atoms with E-state index in [2.05, 4.69) is 4.74 Å². The zero-order chi connectivity index (χ0) is 20.4. The Hall–Kier alpha value is -1.53. The van der Waals surface area contributed by atoms with Crippen molar-refractivity contribution in [2.45, 2.75) is 23.7 Å². The number of aliphatic carboxylic acids is 1. The number of ether oxygens (including phenoxy) is 1. The Morgan fingerprint density at radius 1 is 1.26 bits per heavy atom. The number of carboxylic acids is 1. The summed E-state index contributed by atoms with van der Waals surface area (Å²) < 4.78 is 67.2. The van der Waals surface area contributed by atoms with E-state index in [1.165, 1.54) is 6.07 Å². The number of rotatable bonds is 7. The van der Waals surface area contributed by atoms with Gasteiger partial charge >= 0.3 is 12.3 Å². The van der Waals surface area contributed by atoms with E-state index in [1.807, 2.05) is 4.72 Å². The minimum Gasteiger partial charge on any atom is -0.480 e. The average molecular weight is 464 g/mol. The van der Waals surface area contributed by atoms with Crippen LogP contribution in [-0.4, -0.2) is 31.9 Å². The molecule has 1 heterocycles. The number of hydrogen-bond acceptors (Lipinski definition) is 5. The fourth-order valence-electron chi connectivity index (χ4n) is 1.99. The molecule has 0 aliphatic rings. The fraction of sp³-hybridized carbons (Fsp3) is 0.214. The minimum absolute atomic E-state index is 0.221. The van der Waals surface area contributed by atoms with Crippen molar-refractivity contribution >= 4 is 50.5 Å². The van der Waals surface area contributed by atoms with Gasteiger partial charge in [-0.1, -0.05) is 23.2 Å². The number of alkyl halides is 3. The molecule has 0 fully saturated rings. The van der Waals surface area contributed by atoms with Crippen LogP contribution in [0.1, 0.15) is 5.56 Å². The summed E-state index contributed by atoms with van der Waals surface area (Å²) in [5.74, 6) is -2.08. The lowest BCUT2D eigenvalue weighted by Gasteiger charge is -2.15. The number of thiophene rings is 1. The molecule has 27 heavy (non-hydrogen) atoms. The number of halogens is 5. The molecule has 0 spiro atoms. The van der Waals surface area contributed by atoms with Gasteiger partial charge in [-0.15, -0.1) is 24.5 Å². The predicted octanol–water partition coefficient (Wildman–Crippen LogP) is 3.93. The molecule has 0 aliphatic heterocycles. The van der Waals surface area contributed by atoms with Gasteiger partial charge in [0, 0.05) is 6.42 Å². The van der Waals surface area contributed by atoms with Gasteiger partial charge in [0.15, 0.2) is 0 Å². The molecular weight excluding hydrogens is 454 g/mol. The third-order valence-corrected chi connectivity index (χ3v) is 6.17. The van der Waals surface area contributed by atoms with Gasteiger partial charge in [0.25, 0.3) is 0 Å². The van der Waals surface area contributed by atoms with Crippen molar-refractivity contribution in [1.82, 2.24) is 4.72 Å². The Morgan fingerprint density at radius 2 is 1.85 bits per heavy atom. The zero-order valence-corrected chi connectivity index (χ0v) is 16.1. The van der Waals surface area contributed by atoms with E-state index >= 15 is 0 Å². The number of nitrogens with one attached hydrogen (secondary N) is 1. The Morgan fingerprint density at radius 3 is 2.30 bits per heavy atom. The summed E-state index contributed by atoms with van der Waals surface area (Å²) in [5.41, 5.74) is 0.343. The van der Waals surface area contributed by atoms with E-state index in [4.69, 9.17) is 23.2 Å². The predicted molar refractivity (Wildman–Crippen MR) is 92.9 cm³/mol. The largest absolute Gasteiger partial charge is 0.573 e. The van der Waals surface area contributed by atoms with Crippen LogP contribution in [0.15, 0.2) is 35.2 Å². The lowest BCUT2D eigenvalue weighted by atomic mass is 10.1. The first kappa shape index (κ1) is 21.8. The highest BCUT2D eigenvalue weighted by Crippen LogP contribution is 2.32. The zero-order valence-electron chi connectivity index (χ0n) is 13.0. The molecule has 2 rings (SSSR count). The number of hydrogen-bond donors (Lipinski definition) is 2. The minimum atomic E-state index is -4.92. The molecule has 1 aromatic heterocycles. The molecule has 2 N–H and O–H groups in total. The summed E-state index contributed by atoms with van der Waals surface area (Å²) in [4.78, 5) is 11.0. The van der Waals surface area contributed by atoms with E-state index in [1.54, 1.807) is 0 Å². The number of carbonyl (C=O) groups is 1. The van der Waals surface area contributed by atoms with Crippen molar-refractivity contribution in [2.75, 3.05) is 0 Å². The van der Waals surface area contributed by atoms with Crippen molar-refractivity contribution in [3.63, 3.8) is 0 Å². The fourth-order valence-corrected chi connectivity index (χ4v) is 4.69. The van der Waals surface area contributed by atoms with E-state index in [-0.39, 0.29) is 10.8 Å². The van der Waals surface area contributed by atoms with Gasteiger partial charge < -0.3 is 9.84 Å². The summed E-state index contributed by atoms with van der Waals surface area (Å²) >= 11 is 12.7. The Kier molecular flexibility index (Phi) is 6.63. The smallest absolute Gasteiger partial charge is 0.480 e. The van der Waals surface area contributed by atoms with Crippen molar-refractivity contribution < 1.29 is 36.2 Å². The van der Waals surface area contributed by atoms with Gasteiger partial charge in [-0.05, 0) is 35.9 Å². The number of sulfonamides is 1. The van der Waals surface area contributed by atoms with Gasteiger partial charge in [0.05, 0.1) is 13.6 Å². The first-order valence-electron chi connectivity index (χ1n) is 6.92. The third kappa shape index (κ3) is 6.25. The first-order valence-corrected chi connectivity index (χ1v) is 9.97. The quantitative estimate of drug-likeness (QED) is 0.648. The highest BCUT2D eigenvalue weighted by molar-refractivity contribution is 7.89. The molecule has 0 saturated heterocycles. The molecule has 1 aromatic carbocycles. The first-order chi connectivity index (χ1) is 12.4. The summed E-state index contributed by atoms with van der Waals surface area (Å²) in [6, 6.07) is 3.17. The maximum atomic E-state index is 12.3. The van der Waals surface area contributed by atoms with Gasteiger partial charge in [-0.2, -0.15) is 4.72 Å². The van der Waals surface area contributed by atoms with Gasteiger partial charge in [0.2, 0.25) is 10.0 Å². The van der Waals surface area contributed by atoms with Crippen LogP contribution in [0.3, 0.4) is 0 Å². The lowest BCUT2D eigenvalue weighted by molar-refractivity contribution is -0.274. The molecule has 13 heteroatoms. The van der Waals surface area contributed by atoms with E-state index in [9.17, 15) is 31.5 Å². The molecule has 0 radical (unpaired) electrons. The maximum Gasteiger partial charge on any atom is 0.573 e. The topological polar surface area (TPSA) is 92.7 Å². The van der Waals surface area contributed by atoms with Crippen LogP contribution in [0, 0.1) is 0 Å². The second-order valence-corrected chi connectivity index (χ2v) is 9.08. The summed E-state index contributed by atoms with van der Waals surface area (Å²) in [6.07, 6.45) is -5.19. The molecule has 6 nitrogen and oxygen atoms in total. The van der Waals surface area contributed by atoms with Crippen LogP contribution < -0.4 is 9.46 Å². The molecule has 1 atom stereocenters. The average Bonchev–Trinajstić information content (AvgIpc) is 2.83. The Labute approximate surface area is 165 Å². The standard InChI is InChI=1S/C14H10Cl2F3NO5S2/c15-11-6-7(12(16)26-11)5-10(13(21)22)20-27(23,24)9-3-1-8(2-4-9)25-14(17,18)19/h1-4,6,10,20H,5H2,(H,21,22)/t10-/m0/s1. The second kappa shape index (κ2) is 8.23. The SMILES string of the molecule is O=C(O)[C@H](Cc1cc(Cl)sc1Cl)NS(=O)(=O)c1ccc(OC(F)(F)F)cc1. The molecule has 0 saturated carbocycles. The maximum absolute atomic E-state index is 12.3. The normalized spacial score (nSPS) is 13.4. The van der Waals surface area contributed by atoms with E-state index in [0.29, 0.717) is 9.90 Å². The van der Waals surface area contributed by atoms with Crippen LogP contribution in [0.2, 0.25) is 8.67 Å². The summed E-state index contributed by atoms with van der Waals surface area (Å²) in [6.45, 7) is 0. The molecular formula is C14H10Cl2F3NO5S2. The Bertz CT molecular complexity index is 929. The van der Waals surface area contributed by atoms with Gasteiger partial charge in [0.1, 0.15) is 11.8 Å². The summed E-state index contributed by atoms with van der Waals surface area (Å²) in [5, 5.41) is 9.27. The van der Waals surface area contributed by atoms with E-state index in [0.717, 1.165) is 35.6 Å². The third-order valence-electron chi connectivity index (χ3n) is 3.11. The molecule has 0 bridgehead atoms.